The van der Waals surface area contributed by atoms with Crippen LogP contribution in [0.1, 0.15) is 6.92 Å². The van der Waals surface area contributed by atoms with Crippen molar-refractivity contribution in [3.8, 4) is 0 Å². The standard InChI is InChI=1S/C10H10BrF2N3O2/c1-4(9(17)16-10(14)18)15-8-3-6(12)5(11)2-7(8)13/h2-4,15H,1H3,(H3,14,16,17,18). The van der Waals surface area contributed by atoms with Crippen molar-refractivity contribution >= 4 is 33.6 Å². The molecule has 8 heteroatoms. The summed E-state index contributed by atoms with van der Waals surface area (Å²) in [5.74, 6) is -2.16. The molecule has 0 saturated heterocycles. The predicted octanol–water partition coefficient (Wildman–Crippen LogP) is 1.72. The van der Waals surface area contributed by atoms with Gasteiger partial charge in [-0.25, -0.2) is 13.6 Å². The van der Waals surface area contributed by atoms with Crippen LogP contribution in [0.4, 0.5) is 19.3 Å². The Balaban J connectivity index is 2.81. The number of primary amides is 1. The Morgan fingerprint density at radius 3 is 2.50 bits per heavy atom. The number of imide groups is 1. The Kier molecular flexibility index (Phi) is 4.60. The number of halogens is 3. The zero-order valence-corrected chi connectivity index (χ0v) is 10.8. The van der Waals surface area contributed by atoms with Gasteiger partial charge < -0.3 is 11.1 Å². The predicted molar refractivity (Wildman–Crippen MR) is 64.9 cm³/mol. The lowest BCUT2D eigenvalue weighted by Gasteiger charge is -2.14. The summed E-state index contributed by atoms with van der Waals surface area (Å²) in [6, 6.07) is -0.146. The van der Waals surface area contributed by atoms with Gasteiger partial charge in [0.05, 0.1) is 10.2 Å². The summed E-state index contributed by atoms with van der Waals surface area (Å²) in [5.41, 5.74) is 4.57. The van der Waals surface area contributed by atoms with E-state index in [1.54, 1.807) is 0 Å². The van der Waals surface area contributed by atoms with Gasteiger partial charge in [-0.3, -0.25) is 10.1 Å². The molecule has 0 heterocycles. The summed E-state index contributed by atoms with van der Waals surface area (Å²) in [6.07, 6.45) is 0. The molecule has 4 N–H and O–H groups in total. The monoisotopic (exact) mass is 321 g/mol. The molecule has 3 amide bonds. The number of nitrogens with one attached hydrogen (secondary N) is 2. The lowest BCUT2D eigenvalue weighted by Crippen LogP contribution is -2.43. The van der Waals surface area contributed by atoms with Crippen molar-refractivity contribution in [1.29, 1.82) is 0 Å². The molecular weight excluding hydrogens is 312 g/mol. The molecular formula is C10H10BrF2N3O2. The van der Waals surface area contributed by atoms with Gasteiger partial charge in [0.15, 0.2) is 0 Å². The van der Waals surface area contributed by atoms with Crippen LogP contribution in [0.3, 0.4) is 0 Å². The van der Waals surface area contributed by atoms with Crippen molar-refractivity contribution in [2.24, 2.45) is 5.73 Å². The Bertz CT molecular complexity index is 496. The van der Waals surface area contributed by atoms with Gasteiger partial charge in [-0.15, -0.1) is 0 Å². The van der Waals surface area contributed by atoms with E-state index in [-0.39, 0.29) is 10.2 Å². The van der Waals surface area contributed by atoms with Crippen molar-refractivity contribution in [2.45, 2.75) is 13.0 Å². The molecule has 0 aliphatic heterocycles. The number of rotatable bonds is 3. The van der Waals surface area contributed by atoms with Crippen LogP contribution in [0.25, 0.3) is 0 Å². The van der Waals surface area contributed by atoms with E-state index in [4.69, 9.17) is 5.73 Å². The second kappa shape index (κ2) is 5.76. The minimum Gasteiger partial charge on any atom is -0.371 e. The summed E-state index contributed by atoms with van der Waals surface area (Å²) in [7, 11) is 0. The first-order valence-corrected chi connectivity index (χ1v) is 5.62. The fourth-order valence-electron chi connectivity index (χ4n) is 1.16. The Labute approximate surface area is 110 Å². The number of nitrogens with two attached hydrogens (primary N) is 1. The van der Waals surface area contributed by atoms with Crippen molar-refractivity contribution < 1.29 is 18.4 Å². The minimum absolute atomic E-state index is 0.0280. The van der Waals surface area contributed by atoms with Gasteiger partial charge in [0.2, 0.25) is 5.91 Å². The molecule has 1 aromatic rings. The third kappa shape index (κ3) is 3.66. The highest BCUT2D eigenvalue weighted by molar-refractivity contribution is 9.10. The first kappa shape index (κ1) is 14.4. The number of amides is 3. The fourth-order valence-corrected chi connectivity index (χ4v) is 1.48. The molecule has 0 fully saturated rings. The first-order chi connectivity index (χ1) is 8.31. The van der Waals surface area contributed by atoms with E-state index >= 15 is 0 Å². The summed E-state index contributed by atoms with van der Waals surface area (Å²) in [4.78, 5) is 21.8. The zero-order chi connectivity index (χ0) is 13.9. The van der Waals surface area contributed by atoms with Gasteiger partial charge >= 0.3 is 6.03 Å². The average Bonchev–Trinajstić information content (AvgIpc) is 2.24. The molecule has 0 aliphatic carbocycles. The molecule has 0 aliphatic rings. The molecule has 0 bridgehead atoms. The van der Waals surface area contributed by atoms with Crippen molar-refractivity contribution in [3.63, 3.8) is 0 Å². The maximum atomic E-state index is 13.4. The van der Waals surface area contributed by atoms with E-state index in [1.807, 2.05) is 5.32 Å². The molecule has 0 spiro atoms. The van der Waals surface area contributed by atoms with Crippen molar-refractivity contribution in [3.05, 3.63) is 28.2 Å². The molecule has 5 nitrogen and oxygen atoms in total. The quantitative estimate of drug-likeness (QED) is 0.741. The van der Waals surface area contributed by atoms with E-state index in [2.05, 4.69) is 21.2 Å². The second-order valence-electron chi connectivity index (χ2n) is 3.47. The topological polar surface area (TPSA) is 84.2 Å². The smallest absolute Gasteiger partial charge is 0.318 e. The van der Waals surface area contributed by atoms with Crippen LogP contribution in [-0.2, 0) is 4.79 Å². The summed E-state index contributed by atoms with van der Waals surface area (Å²) in [6.45, 7) is 1.37. The minimum atomic E-state index is -1.02. The van der Waals surface area contributed by atoms with Crippen LogP contribution in [0.2, 0.25) is 0 Å². The number of carbonyl (C=O) groups is 2. The van der Waals surface area contributed by atoms with E-state index in [9.17, 15) is 18.4 Å². The molecule has 98 valence electrons. The van der Waals surface area contributed by atoms with E-state index in [0.717, 1.165) is 12.1 Å². The highest BCUT2D eigenvalue weighted by atomic mass is 79.9. The van der Waals surface area contributed by atoms with Crippen molar-refractivity contribution in [1.82, 2.24) is 5.32 Å². The van der Waals surface area contributed by atoms with Crippen LogP contribution in [0.15, 0.2) is 16.6 Å². The Morgan fingerprint density at radius 2 is 1.94 bits per heavy atom. The summed E-state index contributed by atoms with van der Waals surface area (Å²) >= 11 is 2.82. The molecule has 0 saturated carbocycles. The van der Waals surface area contributed by atoms with Gasteiger partial charge in [0.1, 0.15) is 17.7 Å². The van der Waals surface area contributed by atoms with Crippen molar-refractivity contribution in [2.75, 3.05) is 5.32 Å². The van der Waals surface area contributed by atoms with E-state index in [0.29, 0.717) is 0 Å². The third-order valence-corrected chi connectivity index (χ3v) is 2.63. The number of urea groups is 1. The molecule has 1 unspecified atom stereocenters. The van der Waals surface area contributed by atoms with E-state index < -0.39 is 29.6 Å². The maximum absolute atomic E-state index is 13.4. The highest BCUT2D eigenvalue weighted by Gasteiger charge is 2.17. The van der Waals surface area contributed by atoms with Gasteiger partial charge in [-0.05, 0) is 28.9 Å². The fraction of sp³-hybridized carbons (Fsp3) is 0.200. The van der Waals surface area contributed by atoms with Gasteiger partial charge in [0.25, 0.3) is 0 Å². The van der Waals surface area contributed by atoms with Crippen LogP contribution in [-0.4, -0.2) is 18.0 Å². The van der Waals surface area contributed by atoms with Gasteiger partial charge in [-0.1, -0.05) is 0 Å². The lowest BCUT2D eigenvalue weighted by molar-refractivity contribution is -0.120. The molecule has 1 aromatic carbocycles. The van der Waals surface area contributed by atoms with Crippen LogP contribution >= 0.6 is 15.9 Å². The SMILES string of the molecule is CC(Nc1cc(F)c(Br)cc1F)C(=O)NC(N)=O. The number of hydrogen-bond acceptors (Lipinski definition) is 3. The molecule has 1 rings (SSSR count). The molecule has 18 heavy (non-hydrogen) atoms. The van der Waals surface area contributed by atoms with E-state index in [1.165, 1.54) is 6.92 Å². The Morgan fingerprint density at radius 1 is 1.33 bits per heavy atom. The van der Waals surface area contributed by atoms with Gasteiger partial charge in [0, 0.05) is 6.07 Å². The normalized spacial score (nSPS) is 11.8. The van der Waals surface area contributed by atoms with Crippen LogP contribution in [0.5, 0.6) is 0 Å². The number of hydrogen-bond donors (Lipinski definition) is 3. The maximum Gasteiger partial charge on any atom is 0.318 e. The van der Waals surface area contributed by atoms with Gasteiger partial charge in [-0.2, -0.15) is 0 Å². The molecule has 0 radical (unpaired) electrons. The Hall–Kier alpha value is -1.70. The summed E-state index contributed by atoms with van der Waals surface area (Å²) < 4.78 is 26.6. The lowest BCUT2D eigenvalue weighted by atomic mass is 10.2. The number of benzene rings is 1. The number of carbonyl (C=O) groups excluding carboxylic acids is 2. The molecule has 1 atom stereocenters. The highest BCUT2D eigenvalue weighted by Crippen LogP contribution is 2.23. The first-order valence-electron chi connectivity index (χ1n) is 4.82. The largest absolute Gasteiger partial charge is 0.371 e. The third-order valence-electron chi connectivity index (χ3n) is 2.02. The van der Waals surface area contributed by atoms with Crippen LogP contribution in [0, 0.1) is 11.6 Å². The second-order valence-corrected chi connectivity index (χ2v) is 4.32. The molecule has 0 aromatic heterocycles. The summed E-state index contributed by atoms with van der Waals surface area (Å²) in [5, 5.41) is 4.25. The van der Waals surface area contributed by atoms with Crippen LogP contribution < -0.4 is 16.4 Å². The number of anilines is 1. The zero-order valence-electron chi connectivity index (χ0n) is 9.26. The average molecular weight is 322 g/mol.